The number of rotatable bonds is 3. The number of primary amides is 1. The fourth-order valence-corrected chi connectivity index (χ4v) is 1.66. The molecule has 138 valence electrons. The van der Waals surface area contributed by atoms with Crippen LogP contribution in [0, 0.1) is 0 Å². The Morgan fingerprint density at radius 2 is 1.84 bits per heavy atom. The Bertz CT molecular complexity index is 652. The minimum Gasteiger partial charge on any atom is -0.480 e. The Morgan fingerprint density at radius 1 is 1.24 bits per heavy atom. The lowest BCUT2D eigenvalue weighted by molar-refractivity contribution is -0.137. The first-order valence-electron chi connectivity index (χ1n) is 7.35. The molecule has 0 fully saturated rings. The number of carboxylic acids is 1. The van der Waals surface area contributed by atoms with Gasteiger partial charge >= 0.3 is 12.1 Å². The number of hydrogen-bond acceptors (Lipinski definition) is 6. The normalized spacial score (nSPS) is 11.8. The van der Waals surface area contributed by atoms with E-state index in [0.717, 1.165) is 4.90 Å². The van der Waals surface area contributed by atoms with Crippen LogP contribution < -0.4 is 15.2 Å². The number of amides is 2. The topological polar surface area (TPSA) is 128 Å². The smallest absolute Gasteiger partial charge is 0.410 e. The van der Waals surface area contributed by atoms with Gasteiger partial charge in [0.1, 0.15) is 12.1 Å². The summed E-state index contributed by atoms with van der Waals surface area (Å²) in [7, 11) is 1.38. The van der Waals surface area contributed by atoms with Gasteiger partial charge in [0, 0.05) is 12.6 Å². The summed E-state index contributed by atoms with van der Waals surface area (Å²) in [4.78, 5) is 33.1. The number of carbonyl (C=O) groups is 3. The van der Waals surface area contributed by atoms with Crippen LogP contribution in [0.1, 0.15) is 31.1 Å². The van der Waals surface area contributed by atoms with Crippen molar-refractivity contribution in [3.8, 4) is 11.5 Å². The van der Waals surface area contributed by atoms with Crippen molar-refractivity contribution in [2.45, 2.75) is 26.4 Å². The average Bonchev–Trinajstić information content (AvgIpc) is 2.92. The highest BCUT2D eigenvalue weighted by Gasteiger charge is 2.20. The number of benzene rings is 1. The van der Waals surface area contributed by atoms with Crippen molar-refractivity contribution in [3.63, 3.8) is 0 Å². The first-order valence-corrected chi connectivity index (χ1v) is 7.35. The lowest BCUT2D eigenvalue weighted by Crippen LogP contribution is -2.37. The van der Waals surface area contributed by atoms with E-state index in [4.69, 9.17) is 25.1 Å². The van der Waals surface area contributed by atoms with Crippen LogP contribution in [0.15, 0.2) is 18.2 Å². The molecule has 0 saturated heterocycles. The molecular formula is C16H22N2O7. The number of likely N-dealkylation sites (N-methyl/N-ethyl adjacent to an activating group) is 1. The maximum Gasteiger partial charge on any atom is 0.410 e. The van der Waals surface area contributed by atoms with Gasteiger partial charge in [0.15, 0.2) is 11.5 Å². The number of aliphatic carboxylic acids is 1. The molecule has 2 amide bonds. The number of ether oxygens (including phenoxy) is 3. The molecule has 1 aliphatic heterocycles. The van der Waals surface area contributed by atoms with E-state index >= 15 is 0 Å². The van der Waals surface area contributed by atoms with Crippen molar-refractivity contribution in [2.75, 3.05) is 20.4 Å². The van der Waals surface area contributed by atoms with Crippen molar-refractivity contribution in [2.24, 2.45) is 5.73 Å². The van der Waals surface area contributed by atoms with Crippen LogP contribution >= 0.6 is 0 Å². The van der Waals surface area contributed by atoms with Gasteiger partial charge in [0.25, 0.3) is 0 Å². The molecule has 0 saturated carbocycles. The second kappa shape index (κ2) is 8.22. The van der Waals surface area contributed by atoms with Gasteiger partial charge in [-0.15, -0.1) is 0 Å². The fourth-order valence-electron chi connectivity index (χ4n) is 1.66. The van der Waals surface area contributed by atoms with E-state index in [1.54, 1.807) is 39.0 Å². The van der Waals surface area contributed by atoms with E-state index in [0.29, 0.717) is 17.1 Å². The number of carboxylic acid groups (broad SMARTS) is 1. The molecule has 0 radical (unpaired) electrons. The van der Waals surface area contributed by atoms with Crippen LogP contribution in [-0.2, 0) is 9.53 Å². The molecule has 0 unspecified atom stereocenters. The van der Waals surface area contributed by atoms with Gasteiger partial charge in [-0.05, 0) is 39.0 Å². The Hall–Kier alpha value is -2.97. The maximum atomic E-state index is 11.1. The van der Waals surface area contributed by atoms with Crippen LogP contribution in [0.4, 0.5) is 4.79 Å². The van der Waals surface area contributed by atoms with Crippen molar-refractivity contribution < 1.29 is 33.7 Å². The summed E-state index contributed by atoms with van der Waals surface area (Å²) in [5, 5.41) is 8.38. The lowest BCUT2D eigenvalue weighted by Gasteiger charge is -2.23. The number of nitrogens with zero attached hydrogens (tertiary/aromatic N) is 1. The van der Waals surface area contributed by atoms with Gasteiger partial charge in [-0.25, -0.2) is 4.79 Å². The maximum absolute atomic E-state index is 11.1. The van der Waals surface area contributed by atoms with Crippen LogP contribution in [0.2, 0.25) is 0 Å². The first-order chi connectivity index (χ1) is 11.5. The Balaban J connectivity index is 0.000000250. The molecule has 0 aliphatic carbocycles. The summed E-state index contributed by atoms with van der Waals surface area (Å²) in [6.45, 7) is 5.02. The Labute approximate surface area is 145 Å². The molecule has 1 aromatic rings. The van der Waals surface area contributed by atoms with Gasteiger partial charge in [0.2, 0.25) is 12.7 Å². The number of hydrogen-bond donors (Lipinski definition) is 2. The average molecular weight is 354 g/mol. The third-order valence-corrected chi connectivity index (χ3v) is 2.73. The number of carbonyl (C=O) groups excluding carboxylic acids is 2. The van der Waals surface area contributed by atoms with Crippen LogP contribution in [0.3, 0.4) is 0 Å². The number of nitrogens with two attached hydrogens (primary N) is 1. The zero-order chi connectivity index (χ0) is 19.2. The van der Waals surface area contributed by atoms with Crippen molar-refractivity contribution >= 4 is 18.0 Å². The van der Waals surface area contributed by atoms with Crippen molar-refractivity contribution in [3.05, 3.63) is 23.8 Å². The van der Waals surface area contributed by atoms with Crippen molar-refractivity contribution in [1.29, 1.82) is 0 Å². The molecule has 9 nitrogen and oxygen atoms in total. The lowest BCUT2D eigenvalue weighted by atomic mass is 10.2. The zero-order valence-electron chi connectivity index (χ0n) is 14.6. The summed E-state index contributed by atoms with van der Waals surface area (Å²) in [6, 6.07) is 4.85. The molecule has 9 heteroatoms. The van der Waals surface area contributed by atoms with Crippen molar-refractivity contribution in [1.82, 2.24) is 4.90 Å². The van der Waals surface area contributed by atoms with E-state index in [1.165, 1.54) is 7.05 Å². The molecule has 0 bridgehead atoms. The quantitative estimate of drug-likeness (QED) is 0.840. The molecular weight excluding hydrogens is 332 g/mol. The highest BCUT2D eigenvalue weighted by molar-refractivity contribution is 5.93. The molecule has 0 spiro atoms. The molecule has 25 heavy (non-hydrogen) atoms. The second-order valence-corrected chi connectivity index (χ2v) is 6.16. The molecule has 2 rings (SSSR count). The SMILES string of the molecule is CN(CC(=O)O)C(=O)OC(C)(C)C.NC(=O)c1ccc2c(c1)OCO2. The largest absolute Gasteiger partial charge is 0.480 e. The van der Waals surface area contributed by atoms with E-state index in [9.17, 15) is 14.4 Å². The molecule has 3 N–H and O–H groups in total. The third-order valence-electron chi connectivity index (χ3n) is 2.73. The molecule has 1 heterocycles. The van der Waals surface area contributed by atoms with E-state index in [-0.39, 0.29) is 13.3 Å². The molecule has 0 aromatic heterocycles. The summed E-state index contributed by atoms with van der Waals surface area (Å²) in [5.74, 6) is -0.298. The standard InChI is InChI=1S/C8H15NO4.C8H7NO3/c1-8(2,3)13-7(12)9(4)5-6(10)11;9-8(10)5-1-2-6-7(3-5)12-4-11-6/h5H2,1-4H3,(H,10,11);1-3H,4H2,(H2,9,10). The first kappa shape index (κ1) is 20.1. The number of fused-ring (bicyclic) bond motifs is 1. The van der Waals surface area contributed by atoms with Gasteiger partial charge in [0.05, 0.1) is 0 Å². The van der Waals surface area contributed by atoms with Crippen LogP contribution in [0.5, 0.6) is 11.5 Å². The van der Waals surface area contributed by atoms with E-state index in [1.807, 2.05) is 0 Å². The minimum atomic E-state index is -1.06. The minimum absolute atomic E-state index is 0.206. The summed E-state index contributed by atoms with van der Waals surface area (Å²) >= 11 is 0. The summed E-state index contributed by atoms with van der Waals surface area (Å²) in [5.41, 5.74) is 4.91. The monoisotopic (exact) mass is 354 g/mol. The second-order valence-electron chi connectivity index (χ2n) is 6.16. The summed E-state index contributed by atoms with van der Waals surface area (Å²) in [6.07, 6.45) is -0.630. The zero-order valence-corrected chi connectivity index (χ0v) is 14.6. The van der Waals surface area contributed by atoms with Gasteiger partial charge < -0.3 is 30.0 Å². The van der Waals surface area contributed by atoms with E-state index < -0.39 is 23.6 Å². The predicted octanol–water partition coefficient (Wildman–Crippen LogP) is 1.45. The molecule has 0 atom stereocenters. The Kier molecular flexibility index (Phi) is 6.60. The van der Waals surface area contributed by atoms with Crippen LogP contribution in [0.25, 0.3) is 0 Å². The van der Waals surface area contributed by atoms with Gasteiger partial charge in [-0.1, -0.05) is 0 Å². The van der Waals surface area contributed by atoms with Gasteiger partial charge in [-0.2, -0.15) is 0 Å². The molecule has 1 aliphatic rings. The fraction of sp³-hybridized carbons (Fsp3) is 0.438. The van der Waals surface area contributed by atoms with Gasteiger partial charge in [-0.3, -0.25) is 9.59 Å². The van der Waals surface area contributed by atoms with Crippen LogP contribution in [-0.4, -0.2) is 54.0 Å². The molecule has 1 aromatic carbocycles. The Morgan fingerprint density at radius 3 is 2.36 bits per heavy atom. The highest BCUT2D eigenvalue weighted by Crippen LogP contribution is 2.32. The predicted molar refractivity (Wildman–Crippen MR) is 87.6 cm³/mol. The third kappa shape index (κ3) is 6.98. The highest BCUT2D eigenvalue weighted by atomic mass is 16.7. The summed E-state index contributed by atoms with van der Waals surface area (Å²) < 4.78 is 15.0. The van der Waals surface area contributed by atoms with E-state index in [2.05, 4.69) is 0 Å².